The van der Waals surface area contributed by atoms with Crippen LogP contribution in [0.3, 0.4) is 0 Å². The highest BCUT2D eigenvalue weighted by Gasteiger charge is 2.67. The Labute approximate surface area is 199 Å². The van der Waals surface area contributed by atoms with E-state index >= 15 is 0 Å². The summed E-state index contributed by atoms with van der Waals surface area (Å²) < 4.78 is 5.94. The van der Waals surface area contributed by atoms with Crippen molar-refractivity contribution in [3.05, 3.63) is 35.9 Å². The van der Waals surface area contributed by atoms with Gasteiger partial charge in [0.25, 0.3) is 0 Å². The minimum Gasteiger partial charge on any atom is -0.464 e. The molecule has 4 fully saturated rings. The zero-order valence-corrected chi connectivity index (χ0v) is 20.8. The number of fused-ring (bicyclic) bond motifs is 3. The van der Waals surface area contributed by atoms with Gasteiger partial charge in [0, 0.05) is 5.41 Å². The summed E-state index contributed by atoms with van der Waals surface area (Å²) in [7, 11) is 0. The molecular weight excluding hydrogens is 410 g/mol. The van der Waals surface area contributed by atoms with E-state index in [1.54, 1.807) is 0 Å². The fraction of sp³-hybridized carbons (Fsp3) is 0.759. The van der Waals surface area contributed by atoms with Gasteiger partial charge in [-0.3, -0.25) is 4.79 Å². The van der Waals surface area contributed by atoms with Crippen LogP contribution in [0.5, 0.6) is 0 Å². The van der Waals surface area contributed by atoms with Crippen molar-refractivity contribution >= 4 is 5.97 Å². The van der Waals surface area contributed by atoms with Gasteiger partial charge >= 0.3 is 5.97 Å². The van der Waals surface area contributed by atoms with E-state index in [-0.39, 0.29) is 28.3 Å². The largest absolute Gasteiger partial charge is 0.464 e. The van der Waals surface area contributed by atoms with E-state index in [4.69, 9.17) is 10.5 Å². The molecule has 0 aromatic heterocycles. The van der Waals surface area contributed by atoms with Crippen LogP contribution in [-0.2, 0) is 16.0 Å². The Kier molecular flexibility index (Phi) is 5.72. The monoisotopic (exact) mass is 453 g/mol. The molecule has 182 valence electrons. The summed E-state index contributed by atoms with van der Waals surface area (Å²) in [4.78, 5) is 12.8. The van der Waals surface area contributed by atoms with E-state index in [2.05, 4.69) is 20.8 Å². The van der Waals surface area contributed by atoms with Crippen LogP contribution in [0.1, 0.15) is 84.1 Å². The molecule has 1 aromatic carbocycles. The number of nitrogens with two attached hydrogens (primary N) is 1. The SMILES string of the molecule is C[C@@]12CC[C@@H]3[C@@](CC[C@@H]4[C@](C)(COC(=O)[C@@H](N)Cc5ccccc5)CCC[C@]43C)(C[C@H]1O)C2. The molecule has 8 atom stereocenters. The molecule has 0 radical (unpaired) electrons. The molecular formula is C29H43NO3. The molecule has 3 N–H and O–H groups in total. The summed E-state index contributed by atoms with van der Waals surface area (Å²) in [5, 5.41) is 10.9. The van der Waals surface area contributed by atoms with Gasteiger partial charge in [-0.25, -0.2) is 0 Å². The summed E-state index contributed by atoms with van der Waals surface area (Å²) in [5.74, 6) is 0.978. The number of ether oxygens (including phenoxy) is 1. The molecule has 4 aliphatic rings. The van der Waals surface area contributed by atoms with E-state index in [0.29, 0.717) is 30.3 Å². The third-order valence-electron chi connectivity index (χ3n) is 10.9. The Morgan fingerprint density at radius 3 is 2.58 bits per heavy atom. The van der Waals surface area contributed by atoms with Gasteiger partial charge in [-0.05, 0) is 91.4 Å². The summed E-state index contributed by atoms with van der Waals surface area (Å²) in [6, 6.07) is 9.33. The van der Waals surface area contributed by atoms with Crippen LogP contribution in [0.4, 0.5) is 0 Å². The van der Waals surface area contributed by atoms with E-state index in [1.165, 1.54) is 38.5 Å². The molecule has 1 spiro atoms. The second kappa shape index (κ2) is 8.09. The topological polar surface area (TPSA) is 72.5 Å². The first-order chi connectivity index (χ1) is 15.6. The molecule has 4 nitrogen and oxygen atoms in total. The number of esters is 1. The van der Waals surface area contributed by atoms with Crippen LogP contribution < -0.4 is 5.73 Å². The molecule has 1 aromatic rings. The molecule has 4 saturated carbocycles. The number of rotatable bonds is 5. The van der Waals surface area contributed by atoms with Crippen molar-refractivity contribution in [1.29, 1.82) is 0 Å². The van der Waals surface area contributed by atoms with Gasteiger partial charge in [0.2, 0.25) is 0 Å². The standard InChI is InChI=1S/C29H43NO3/c1-26-14-10-23-28(3)13-7-12-27(2,22(28)11-15-29(23,18-26)17-24(26)31)19-33-25(32)21(30)16-20-8-5-4-6-9-20/h4-6,8-9,21-24,31H,7,10-19,30H2,1-3H3/t21-,22+,23-,24+,26-,27-,28+,29-/m0/s1. The highest BCUT2D eigenvalue weighted by atomic mass is 16.5. The van der Waals surface area contributed by atoms with Crippen molar-refractivity contribution in [3.8, 4) is 0 Å². The minimum absolute atomic E-state index is 0.00864. The van der Waals surface area contributed by atoms with Crippen LogP contribution in [0.15, 0.2) is 30.3 Å². The highest BCUT2D eigenvalue weighted by Crippen LogP contribution is 2.73. The number of hydrogen-bond donors (Lipinski definition) is 2. The van der Waals surface area contributed by atoms with E-state index in [0.717, 1.165) is 24.8 Å². The summed E-state index contributed by atoms with van der Waals surface area (Å²) in [6.45, 7) is 7.70. The van der Waals surface area contributed by atoms with Crippen molar-refractivity contribution < 1.29 is 14.6 Å². The van der Waals surface area contributed by atoms with Crippen molar-refractivity contribution in [3.63, 3.8) is 0 Å². The molecule has 0 unspecified atom stereocenters. The summed E-state index contributed by atoms with van der Waals surface area (Å²) in [5.41, 5.74) is 8.02. The lowest BCUT2D eigenvalue weighted by molar-refractivity contribution is -0.177. The molecule has 33 heavy (non-hydrogen) atoms. The lowest BCUT2D eigenvalue weighted by Gasteiger charge is -2.64. The summed E-state index contributed by atoms with van der Waals surface area (Å²) in [6.07, 6.45) is 11.0. The average Bonchev–Trinajstić information content (AvgIpc) is 2.95. The van der Waals surface area contributed by atoms with E-state index < -0.39 is 6.04 Å². The van der Waals surface area contributed by atoms with Crippen molar-refractivity contribution in [2.75, 3.05) is 6.61 Å². The predicted octanol–water partition coefficient (Wildman–Crippen LogP) is 5.26. The second-order valence-corrected chi connectivity index (χ2v) is 13.0. The third-order valence-corrected chi connectivity index (χ3v) is 10.9. The van der Waals surface area contributed by atoms with Crippen LogP contribution in [0, 0.1) is 33.5 Å². The smallest absolute Gasteiger partial charge is 0.323 e. The van der Waals surface area contributed by atoms with Crippen molar-refractivity contribution in [2.24, 2.45) is 39.2 Å². The Balaban J connectivity index is 1.29. The lowest BCUT2D eigenvalue weighted by Crippen LogP contribution is -2.58. The Morgan fingerprint density at radius 1 is 1.09 bits per heavy atom. The van der Waals surface area contributed by atoms with E-state index in [9.17, 15) is 9.90 Å². The van der Waals surface area contributed by atoms with Gasteiger partial charge in [0.15, 0.2) is 0 Å². The first kappa shape index (κ1) is 23.4. The second-order valence-electron chi connectivity index (χ2n) is 13.0. The number of aliphatic hydroxyl groups excluding tert-OH is 1. The van der Waals surface area contributed by atoms with Crippen molar-refractivity contribution in [1.82, 2.24) is 0 Å². The first-order valence-electron chi connectivity index (χ1n) is 13.2. The molecule has 0 amide bonds. The Morgan fingerprint density at radius 2 is 1.82 bits per heavy atom. The quantitative estimate of drug-likeness (QED) is 0.596. The Hall–Kier alpha value is -1.39. The summed E-state index contributed by atoms with van der Waals surface area (Å²) >= 11 is 0. The zero-order chi connectivity index (χ0) is 23.5. The number of carbonyl (C=O) groups is 1. The minimum atomic E-state index is -0.614. The van der Waals surface area contributed by atoms with Crippen LogP contribution in [0.25, 0.3) is 0 Å². The van der Waals surface area contributed by atoms with Crippen LogP contribution in [-0.4, -0.2) is 29.8 Å². The molecule has 0 aliphatic heterocycles. The molecule has 2 bridgehead atoms. The molecule has 0 heterocycles. The molecule has 0 saturated heterocycles. The predicted molar refractivity (Wildman–Crippen MR) is 130 cm³/mol. The molecule has 5 rings (SSSR count). The highest BCUT2D eigenvalue weighted by molar-refractivity contribution is 5.75. The van der Waals surface area contributed by atoms with Gasteiger partial charge in [0.05, 0.1) is 12.7 Å². The number of aliphatic hydroxyl groups is 1. The Bertz CT molecular complexity index is 888. The third kappa shape index (κ3) is 3.76. The first-order valence-corrected chi connectivity index (χ1v) is 13.2. The van der Waals surface area contributed by atoms with Crippen LogP contribution >= 0.6 is 0 Å². The number of benzene rings is 1. The fourth-order valence-corrected chi connectivity index (χ4v) is 9.33. The number of hydrogen-bond acceptors (Lipinski definition) is 4. The molecule has 4 aliphatic carbocycles. The van der Waals surface area contributed by atoms with Gasteiger partial charge in [-0.1, -0.05) is 57.5 Å². The maximum absolute atomic E-state index is 12.8. The zero-order valence-electron chi connectivity index (χ0n) is 20.8. The maximum Gasteiger partial charge on any atom is 0.323 e. The number of carbonyl (C=O) groups excluding carboxylic acids is 1. The van der Waals surface area contributed by atoms with Gasteiger partial charge in [-0.2, -0.15) is 0 Å². The van der Waals surface area contributed by atoms with Gasteiger partial charge < -0.3 is 15.6 Å². The fourth-order valence-electron chi connectivity index (χ4n) is 9.33. The maximum atomic E-state index is 12.8. The van der Waals surface area contributed by atoms with E-state index in [1.807, 2.05) is 30.3 Å². The normalized spacial score (nSPS) is 45.1. The molecule has 4 heteroatoms. The average molecular weight is 454 g/mol. The van der Waals surface area contributed by atoms with Crippen molar-refractivity contribution in [2.45, 2.75) is 97.1 Å². The van der Waals surface area contributed by atoms with Gasteiger partial charge in [0.1, 0.15) is 6.04 Å². The lowest BCUT2D eigenvalue weighted by atomic mass is 9.40. The van der Waals surface area contributed by atoms with Crippen LogP contribution in [0.2, 0.25) is 0 Å². The van der Waals surface area contributed by atoms with Gasteiger partial charge in [-0.15, -0.1) is 0 Å².